The lowest BCUT2D eigenvalue weighted by molar-refractivity contribution is -0.143. The number of fused-ring (bicyclic) bond motifs is 1. The summed E-state index contributed by atoms with van der Waals surface area (Å²) in [7, 11) is 1.72. The van der Waals surface area contributed by atoms with Crippen LogP contribution in [-0.4, -0.2) is 44.7 Å². The second kappa shape index (κ2) is 6.25. The molecule has 4 aromatic rings. The van der Waals surface area contributed by atoms with E-state index in [0.717, 1.165) is 32.7 Å². The Morgan fingerprint density at radius 3 is 2.93 bits per heavy atom. The fourth-order valence-corrected chi connectivity index (χ4v) is 4.57. The van der Waals surface area contributed by atoms with E-state index < -0.39 is 5.60 Å². The van der Waals surface area contributed by atoms with Crippen molar-refractivity contribution in [1.82, 2.24) is 20.1 Å². The van der Waals surface area contributed by atoms with E-state index in [0.29, 0.717) is 18.5 Å². The van der Waals surface area contributed by atoms with Gasteiger partial charge in [-0.15, -0.1) is 11.3 Å². The first-order valence-corrected chi connectivity index (χ1v) is 9.91. The van der Waals surface area contributed by atoms with Gasteiger partial charge in [0, 0.05) is 41.9 Å². The minimum absolute atomic E-state index is 0.254. The number of hydrogen-bond acceptors (Lipinski definition) is 5. The Hall–Kier alpha value is -3.03. The highest BCUT2D eigenvalue weighted by Crippen LogP contribution is 2.36. The maximum atomic E-state index is 12.4. The number of aromatic amines is 1. The summed E-state index contributed by atoms with van der Waals surface area (Å²) < 4.78 is 0. The molecule has 1 atom stereocenters. The van der Waals surface area contributed by atoms with Crippen LogP contribution >= 0.6 is 11.3 Å². The SMILES string of the molecule is CN1CC[C@@](O)(c2cccc(-c3nc(-c4cccc5[nH]ncc45)cs3)c2)C1=O. The molecule has 0 unspecified atom stereocenters. The zero-order valence-electron chi connectivity index (χ0n) is 15.2. The van der Waals surface area contributed by atoms with Crippen molar-refractivity contribution in [3.05, 3.63) is 59.6 Å². The number of likely N-dealkylation sites (tertiary alicyclic amines) is 1. The molecule has 6 nitrogen and oxygen atoms in total. The third-order valence-electron chi connectivity index (χ3n) is 5.36. The van der Waals surface area contributed by atoms with Crippen LogP contribution in [0.5, 0.6) is 0 Å². The minimum Gasteiger partial charge on any atom is -0.375 e. The van der Waals surface area contributed by atoms with E-state index in [-0.39, 0.29) is 5.91 Å². The summed E-state index contributed by atoms with van der Waals surface area (Å²) in [5.41, 5.74) is 2.94. The van der Waals surface area contributed by atoms with E-state index in [1.54, 1.807) is 29.4 Å². The van der Waals surface area contributed by atoms with Crippen molar-refractivity contribution < 1.29 is 9.90 Å². The van der Waals surface area contributed by atoms with Crippen molar-refractivity contribution in [3.63, 3.8) is 0 Å². The average Bonchev–Trinajstić information content (AvgIpc) is 3.45. The number of carbonyl (C=O) groups excluding carboxylic acids is 1. The van der Waals surface area contributed by atoms with E-state index in [1.165, 1.54) is 0 Å². The number of hydrogen-bond donors (Lipinski definition) is 2. The number of rotatable bonds is 3. The summed E-state index contributed by atoms with van der Waals surface area (Å²) in [6.07, 6.45) is 2.21. The molecule has 0 spiro atoms. The Bertz CT molecular complexity index is 1200. The van der Waals surface area contributed by atoms with Crippen LogP contribution in [0.15, 0.2) is 54.0 Å². The smallest absolute Gasteiger partial charge is 0.258 e. The number of aromatic nitrogens is 3. The summed E-state index contributed by atoms with van der Waals surface area (Å²) in [4.78, 5) is 18.8. The number of benzene rings is 2. The van der Waals surface area contributed by atoms with Crippen molar-refractivity contribution in [3.8, 4) is 21.8 Å². The van der Waals surface area contributed by atoms with Gasteiger partial charge in [-0.1, -0.05) is 30.3 Å². The van der Waals surface area contributed by atoms with Gasteiger partial charge in [0.15, 0.2) is 5.60 Å². The van der Waals surface area contributed by atoms with Gasteiger partial charge in [0.25, 0.3) is 5.91 Å². The van der Waals surface area contributed by atoms with Gasteiger partial charge >= 0.3 is 0 Å². The van der Waals surface area contributed by atoms with Crippen molar-refractivity contribution in [2.45, 2.75) is 12.0 Å². The van der Waals surface area contributed by atoms with Crippen molar-refractivity contribution >= 4 is 28.1 Å². The number of aliphatic hydroxyl groups is 1. The molecule has 2 aromatic carbocycles. The van der Waals surface area contributed by atoms with Crippen molar-refractivity contribution in [2.24, 2.45) is 0 Å². The average molecular weight is 390 g/mol. The monoisotopic (exact) mass is 390 g/mol. The molecule has 0 radical (unpaired) electrons. The Kier molecular flexibility index (Phi) is 3.82. The van der Waals surface area contributed by atoms with Crippen LogP contribution in [0.1, 0.15) is 12.0 Å². The van der Waals surface area contributed by atoms with Crippen LogP contribution in [0.25, 0.3) is 32.7 Å². The molecule has 2 N–H and O–H groups in total. The quantitative estimate of drug-likeness (QED) is 0.562. The number of H-pyrrole nitrogens is 1. The maximum absolute atomic E-state index is 12.4. The molecule has 0 bridgehead atoms. The Balaban J connectivity index is 1.54. The number of nitrogens with zero attached hydrogens (tertiary/aromatic N) is 3. The third kappa shape index (κ3) is 2.55. The molecule has 1 saturated heterocycles. The number of likely N-dealkylation sites (N-methyl/N-ethyl adjacent to an activating group) is 1. The van der Waals surface area contributed by atoms with Crippen LogP contribution in [0.3, 0.4) is 0 Å². The largest absolute Gasteiger partial charge is 0.375 e. The molecule has 7 heteroatoms. The number of thiazole rings is 1. The fourth-order valence-electron chi connectivity index (χ4n) is 3.75. The summed E-state index contributed by atoms with van der Waals surface area (Å²) in [5, 5.41) is 21.9. The van der Waals surface area contributed by atoms with Gasteiger partial charge in [-0.05, 0) is 17.7 Å². The van der Waals surface area contributed by atoms with Crippen molar-refractivity contribution in [2.75, 3.05) is 13.6 Å². The molecular formula is C21H18N4O2S. The standard InChI is InChI=1S/C21H18N4O2S/c1-25-9-8-21(27,20(25)26)14-5-2-4-13(10-14)19-23-18(12-28-19)15-6-3-7-17-16(15)11-22-24-17/h2-7,10-12,27H,8-9H2,1H3,(H,22,24)/t21-/m1/s1. The predicted molar refractivity (Wildman–Crippen MR) is 109 cm³/mol. The maximum Gasteiger partial charge on any atom is 0.258 e. The lowest BCUT2D eigenvalue weighted by atomic mass is 9.91. The van der Waals surface area contributed by atoms with Gasteiger partial charge in [0.2, 0.25) is 0 Å². The van der Waals surface area contributed by atoms with E-state index in [1.807, 2.05) is 48.0 Å². The minimum atomic E-state index is -1.45. The molecule has 0 saturated carbocycles. The van der Waals surface area contributed by atoms with Crippen LogP contribution < -0.4 is 0 Å². The van der Waals surface area contributed by atoms with Crippen LogP contribution in [0, 0.1) is 0 Å². The lowest BCUT2D eigenvalue weighted by Crippen LogP contribution is -2.36. The van der Waals surface area contributed by atoms with Crippen LogP contribution in [0.4, 0.5) is 0 Å². The molecular weight excluding hydrogens is 372 g/mol. The zero-order valence-corrected chi connectivity index (χ0v) is 16.0. The molecule has 0 aliphatic carbocycles. The van der Waals surface area contributed by atoms with E-state index in [4.69, 9.17) is 4.98 Å². The molecule has 28 heavy (non-hydrogen) atoms. The van der Waals surface area contributed by atoms with E-state index in [2.05, 4.69) is 10.2 Å². The highest BCUT2D eigenvalue weighted by molar-refractivity contribution is 7.13. The molecule has 5 rings (SSSR count). The Morgan fingerprint density at radius 1 is 1.25 bits per heavy atom. The van der Waals surface area contributed by atoms with Gasteiger partial charge in [-0.25, -0.2) is 4.98 Å². The van der Waals surface area contributed by atoms with Gasteiger partial charge in [-0.2, -0.15) is 5.10 Å². The molecule has 3 heterocycles. The van der Waals surface area contributed by atoms with Gasteiger partial charge in [0.05, 0.1) is 17.4 Å². The first-order valence-electron chi connectivity index (χ1n) is 9.03. The molecule has 1 aliphatic rings. The Labute approximate surface area is 165 Å². The topological polar surface area (TPSA) is 82.1 Å². The summed E-state index contributed by atoms with van der Waals surface area (Å²) in [6, 6.07) is 13.5. The summed E-state index contributed by atoms with van der Waals surface area (Å²) in [5.74, 6) is -0.254. The fraction of sp³-hybridized carbons (Fsp3) is 0.190. The molecule has 1 amide bonds. The molecule has 1 aliphatic heterocycles. The number of carbonyl (C=O) groups is 1. The van der Waals surface area contributed by atoms with Gasteiger partial charge in [-0.3, -0.25) is 9.89 Å². The highest BCUT2D eigenvalue weighted by atomic mass is 32.1. The predicted octanol–water partition coefficient (Wildman–Crippen LogP) is 3.40. The third-order valence-corrected chi connectivity index (χ3v) is 6.25. The lowest BCUT2D eigenvalue weighted by Gasteiger charge is -2.21. The summed E-state index contributed by atoms with van der Waals surface area (Å²) in [6.45, 7) is 0.551. The van der Waals surface area contributed by atoms with Crippen LogP contribution in [0.2, 0.25) is 0 Å². The molecule has 1 fully saturated rings. The van der Waals surface area contributed by atoms with Gasteiger partial charge < -0.3 is 10.0 Å². The normalized spacial score (nSPS) is 19.6. The van der Waals surface area contributed by atoms with Crippen LogP contribution in [-0.2, 0) is 10.4 Å². The second-order valence-electron chi connectivity index (χ2n) is 7.09. The van der Waals surface area contributed by atoms with Crippen molar-refractivity contribution in [1.29, 1.82) is 0 Å². The Morgan fingerprint density at radius 2 is 2.11 bits per heavy atom. The second-order valence-corrected chi connectivity index (χ2v) is 7.95. The first kappa shape index (κ1) is 17.1. The number of nitrogens with one attached hydrogen (secondary N) is 1. The summed E-state index contributed by atoms with van der Waals surface area (Å²) >= 11 is 1.54. The first-order chi connectivity index (χ1) is 13.6. The molecule has 140 valence electrons. The van der Waals surface area contributed by atoms with E-state index >= 15 is 0 Å². The number of amides is 1. The van der Waals surface area contributed by atoms with Gasteiger partial charge in [0.1, 0.15) is 5.01 Å². The van der Waals surface area contributed by atoms with E-state index in [9.17, 15) is 9.90 Å². The zero-order chi connectivity index (χ0) is 19.3. The highest BCUT2D eigenvalue weighted by Gasteiger charge is 2.45. The molecule has 2 aromatic heterocycles.